The van der Waals surface area contributed by atoms with E-state index < -0.39 is 0 Å². The summed E-state index contributed by atoms with van der Waals surface area (Å²) in [5.74, 6) is 2.13. The predicted molar refractivity (Wildman–Crippen MR) is 78.1 cm³/mol. The Morgan fingerprint density at radius 1 is 1.14 bits per heavy atom. The van der Waals surface area contributed by atoms with Crippen molar-refractivity contribution in [3.05, 3.63) is 35.4 Å². The lowest BCUT2D eigenvalue weighted by Crippen LogP contribution is -2.25. The average Bonchev–Trinajstić information content (AvgIpc) is 3.00. The quantitative estimate of drug-likeness (QED) is 0.802. The Hall–Kier alpha value is -2.08. The van der Waals surface area contributed by atoms with E-state index in [1.807, 2.05) is 13.8 Å². The second-order valence-corrected chi connectivity index (χ2v) is 5.55. The Morgan fingerprint density at radius 2 is 1.86 bits per heavy atom. The van der Waals surface area contributed by atoms with Crippen LogP contribution in [-0.4, -0.2) is 25.0 Å². The molecule has 6 heteroatoms. The fourth-order valence-electron chi connectivity index (χ4n) is 3.01. The number of benzene rings is 1. The molecule has 0 aliphatic carbocycles. The smallest absolute Gasteiger partial charge is 0.149 e. The van der Waals surface area contributed by atoms with Gasteiger partial charge in [-0.1, -0.05) is 6.07 Å². The van der Waals surface area contributed by atoms with Crippen molar-refractivity contribution in [3.8, 4) is 11.5 Å². The number of nitrogens with one attached hydrogen (secondary N) is 1. The minimum absolute atomic E-state index is 0.0154. The molecule has 1 aliphatic heterocycles. The minimum atomic E-state index is -0.199. The normalized spacial score (nSPS) is 16.7. The van der Waals surface area contributed by atoms with Crippen molar-refractivity contribution in [2.75, 3.05) is 0 Å². The van der Waals surface area contributed by atoms with Crippen LogP contribution in [-0.2, 0) is 13.0 Å². The largest absolute Gasteiger partial charge is 0.507 e. The summed E-state index contributed by atoms with van der Waals surface area (Å²) in [6.07, 6.45) is 2.09. The van der Waals surface area contributed by atoms with E-state index >= 15 is 0 Å². The maximum absolute atomic E-state index is 9.93. The van der Waals surface area contributed by atoms with Crippen molar-refractivity contribution in [1.29, 1.82) is 0 Å². The number of aromatic hydroxyl groups is 2. The van der Waals surface area contributed by atoms with Gasteiger partial charge in [0.1, 0.15) is 23.1 Å². The van der Waals surface area contributed by atoms with Crippen LogP contribution in [0.25, 0.3) is 0 Å². The van der Waals surface area contributed by atoms with Crippen LogP contribution in [0.2, 0.25) is 0 Å². The van der Waals surface area contributed by atoms with Gasteiger partial charge in [0.25, 0.3) is 0 Å². The summed E-state index contributed by atoms with van der Waals surface area (Å²) in [4.78, 5) is 0. The molecule has 0 spiro atoms. The first-order chi connectivity index (χ1) is 10.1. The molecule has 0 bridgehead atoms. The predicted octanol–water partition coefficient (Wildman–Crippen LogP) is 2.05. The summed E-state index contributed by atoms with van der Waals surface area (Å²) in [7, 11) is 0. The molecule has 3 N–H and O–H groups in total. The molecule has 0 amide bonds. The van der Waals surface area contributed by atoms with Crippen molar-refractivity contribution in [2.45, 2.75) is 45.3 Å². The number of fused-ring (bicyclic) bond motifs is 1. The third kappa shape index (κ3) is 2.47. The van der Waals surface area contributed by atoms with E-state index in [1.165, 1.54) is 0 Å². The molecule has 1 aromatic heterocycles. The van der Waals surface area contributed by atoms with E-state index in [4.69, 9.17) is 0 Å². The van der Waals surface area contributed by atoms with Crippen LogP contribution in [0.3, 0.4) is 0 Å². The van der Waals surface area contributed by atoms with E-state index in [-0.39, 0.29) is 23.6 Å². The number of phenols is 2. The molecule has 3 rings (SSSR count). The Morgan fingerprint density at radius 3 is 2.57 bits per heavy atom. The van der Waals surface area contributed by atoms with E-state index in [0.29, 0.717) is 5.56 Å². The number of hydrogen-bond donors (Lipinski definition) is 3. The molecule has 6 nitrogen and oxygen atoms in total. The van der Waals surface area contributed by atoms with Crippen molar-refractivity contribution in [3.63, 3.8) is 0 Å². The molecule has 0 radical (unpaired) electrons. The highest BCUT2D eigenvalue weighted by Crippen LogP contribution is 2.33. The molecule has 2 unspecified atom stereocenters. The van der Waals surface area contributed by atoms with Crippen molar-refractivity contribution in [1.82, 2.24) is 20.1 Å². The summed E-state index contributed by atoms with van der Waals surface area (Å²) in [5, 5.41) is 31.7. The summed E-state index contributed by atoms with van der Waals surface area (Å²) in [6.45, 7) is 4.88. The number of hydrogen-bond acceptors (Lipinski definition) is 5. The molecule has 0 fully saturated rings. The van der Waals surface area contributed by atoms with E-state index in [0.717, 1.165) is 31.0 Å². The van der Waals surface area contributed by atoms with Gasteiger partial charge in [-0.05, 0) is 32.4 Å². The molecule has 1 aliphatic rings. The first kappa shape index (κ1) is 13.9. The van der Waals surface area contributed by atoms with Crippen molar-refractivity contribution >= 4 is 0 Å². The van der Waals surface area contributed by atoms with Crippen LogP contribution in [0.15, 0.2) is 18.2 Å². The van der Waals surface area contributed by atoms with Crippen LogP contribution in [0.4, 0.5) is 0 Å². The van der Waals surface area contributed by atoms with Gasteiger partial charge >= 0.3 is 0 Å². The first-order valence-electron chi connectivity index (χ1n) is 7.26. The van der Waals surface area contributed by atoms with E-state index in [9.17, 15) is 10.2 Å². The highest BCUT2D eigenvalue weighted by molar-refractivity contribution is 5.45. The average molecular weight is 288 g/mol. The van der Waals surface area contributed by atoms with Crippen LogP contribution in [0.1, 0.15) is 49.6 Å². The highest BCUT2D eigenvalue weighted by Gasteiger charge is 2.24. The monoisotopic (exact) mass is 288 g/mol. The summed E-state index contributed by atoms with van der Waals surface area (Å²) < 4.78 is 2.15. The summed E-state index contributed by atoms with van der Waals surface area (Å²) >= 11 is 0. The number of aromatic nitrogens is 3. The van der Waals surface area contributed by atoms with Gasteiger partial charge in [0.05, 0.1) is 11.6 Å². The maximum Gasteiger partial charge on any atom is 0.149 e. The molecule has 21 heavy (non-hydrogen) atoms. The maximum atomic E-state index is 9.93. The number of nitrogens with zero attached hydrogens (tertiary/aromatic N) is 3. The Kier molecular flexibility index (Phi) is 3.55. The number of rotatable bonds is 4. The minimum Gasteiger partial charge on any atom is -0.507 e. The molecule has 112 valence electrons. The Balaban J connectivity index is 1.79. The standard InChI is InChI=1S/C15H20N4O2/c1-9(14-11(20)5-3-6-12(14)21)16-10(2)15-18-17-13-7-4-8-19(13)15/h3,5-6,9-10,16,20-21H,4,7-8H2,1-2H3. The van der Waals surface area contributed by atoms with Crippen LogP contribution in [0, 0.1) is 0 Å². The highest BCUT2D eigenvalue weighted by atomic mass is 16.3. The zero-order chi connectivity index (χ0) is 15.0. The van der Waals surface area contributed by atoms with E-state index in [2.05, 4.69) is 20.1 Å². The molecule has 2 atom stereocenters. The van der Waals surface area contributed by atoms with Crippen LogP contribution >= 0.6 is 0 Å². The Labute approximate surface area is 123 Å². The van der Waals surface area contributed by atoms with Gasteiger partial charge in [0, 0.05) is 19.0 Å². The number of aryl methyl sites for hydroxylation is 1. The lowest BCUT2D eigenvalue weighted by atomic mass is 10.0. The molecule has 0 saturated carbocycles. The van der Waals surface area contributed by atoms with Gasteiger partial charge in [-0.25, -0.2) is 0 Å². The molecule has 1 aromatic carbocycles. The lowest BCUT2D eigenvalue weighted by Gasteiger charge is -2.21. The van der Waals surface area contributed by atoms with Crippen molar-refractivity contribution < 1.29 is 10.2 Å². The molecule has 0 saturated heterocycles. The number of phenolic OH excluding ortho intramolecular Hbond substituents is 2. The lowest BCUT2D eigenvalue weighted by molar-refractivity contribution is 0.400. The second-order valence-electron chi connectivity index (χ2n) is 5.55. The zero-order valence-electron chi connectivity index (χ0n) is 12.2. The topological polar surface area (TPSA) is 83.2 Å². The Bertz CT molecular complexity index is 633. The first-order valence-corrected chi connectivity index (χ1v) is 7.26. The molecular weight excluding hydrogens is 268 g/mol. The van der Waals surface area contributed by atoms with Gasteiger partial charge in [0.2, 0.25) is 0 Å². The summed E-state index contributed by atoms with van der Waals surface area (Å²) in [5.41, 5.74) is 0.505. The van der Waals surface area contributed by atoms with Gasteiger partial charge in [-0.3, -0.25) is 0 Å². The second kappa shape index (κ2) is 5.37. The summed E-state index contributed by atoms with van der Waals surface area (Å²) in [6, 6.07) is 4.56. The molecular formula is C15H20N4O2. The molecule has 2 heterocycles. The van der Waals surface area contributed by atoms with Gasteiger partial charge < -0.3 is 20.1 Å². The SMILES string of the molecule is CC(NC(C)c1nnc2n1CCC2)c1c(O)cccc1O. The van der Waals surface area contributed by atoms with E-state index in [1.54, 1.807) is 18.2 Å². The van der Waals surface area contributed by atoms with Gasteiger partial charge in [0.15, 0.2) is 0 Å². The third-order valence-electron chi connectivity index (χ3n) is 4.02. The third-order valence-corrected chi connectivity index (χ3v) is 4.02. The van der Waals surface area contributed by atoms with Crippen LogP contribution in [0.5, 0.6) is 11.5 Å². The van der Waals surface area contributed by atoms with Crippen LogP contribution < -0.4 is 5.32 Å². The zero-order valence-corrected chi connectivity index (χ0v) is 12.2. The fourth-order valence-corrected chi connectivity index (χ4v) is 3.01. The van der Waals surface area contributed by atoms with Gasteiger partial charge in [-0.15, -0.1) is 10.2 Å². The molecule has 2 aromatic rings. The van der Waals surface area contributed by atoms with Gasteiger partial charge in [-0.2, -0.15) is 0 Å². The fraction of sp³-hybridized carbons (Fsp3) is 0.467. The van der Waals surface area contributed by atoms with Crippen molar-refractivity contribution in [2.24, 2.45) is 0 Å².